The van der Waals surface area contributed by atoms with E-state index >= 15 is 4.39 Å². The fraction of sp³-hybridized carbons (Fsp3) is 0.727. The third kappa shape index (κ3) is 4.99. The van der Waals surface area contributed by atoms with Crippen LogP contribution in [0.15, 0.2) is 42.0 Å². The molecule has 11 atom stereocenters. The lowest BCUT2D eigenvalue weighted by atomic mass is 9.32. The molecule has 0 aromatic heterocycles. The van der Waals surface area contributed by atoms with Gasteiger partial charge in [0.25, 0.3) is 0 Å². The number of nitrogens with zero attached hydrogens (tertiary/aromatic N) is 1. The average molecular weight is 735 g/mol. The van der Waals surface area contributed by atoms with Crippen LogP contribution in [0, 0.1) is 62.5 Å². The molecule has 8 heteroatoms. The number of hydrogen-bond donors (Lipinski definition) is 3. The van der Waals surface area contributed by atoms with Crippen molar-refractivity contribution >= 4 is 23.4 Å². The lowest BCUT2D eigenvalue weighted by molar-refractivity contribution is -0.179. The van der Waals surface area contributed by atoms with Crippen LogP contribution in [0.1, 0.15) is 111 Å². The van der Waals surface area contributed by atoms with Crippen molar-refractivity contribution in [3.05, 3.63) is 58.4 Å². The number of halogens is 2. The number of urea groups is 1. The van der Waals surface area contributed by atoms with Gasteiger partial charge in [-0.25, -0.2) is 9.18 Å². The maximum Gasteiger partial charge on any atom is 0.317 e. The number of Topliss-reactive ketones (excluding diaryl/α,β-unsaturated/α-hetero) is 1. The van der Waals surface area contributed by atoms with Gasteiger partial charge in [0.15, 0.2) is 5.78 Å². The first-order valence-electron chi connectivity index (χ1n) is 20.3. The van der Waals surface area contributed by atoms with Crippen molar-refractivity contribution in [1.82, 2.24) is 10.2 Å². The molecule has 6 fully saturated rings. The molecule has 1 unspecified atom stereocenters. The number of aliphatic hydroxyl groups is 2. The number of allylic oxidation sites excluding steroid dienone is 4. The number of rotatable bonds is 8. The molecular weight excluding hydrogens is 675 g/mol. The molecule has 9 aliphatic carbocycles. The van der Waals surface area contributed by atoms with Crippen molar-refractivity contribution in [3.8, 4) is 0 Å². The van der Waals surface area contributed by atoms with Crippen LogP contribution in [-0.4, -0.2) is 57.8 Å². The Kier molecular flexibility index (Phi) is 8.58. The maximum absolute atomic E-state index is 15.2. The second-order valence-corrected chi connectivity index (χ2v) is 20.2. The Hall–Kier alpha value is -2.22. The van der Waals surface area contributed by atoms with Gasteiger partial charge in [0.1, 0.15) is 5.82 Å². The van der Waals surface area contributed by atoms with E-state index in [1.807, 2.05) is 18.7 Å². The Morgan fingerprint density at radius 2 is 1.71 bits per heavy atom. The van der Waals surface area contributed by atoms with E-state index in [-0.39, 0.29) is 58.7 Å². The van der Waals surface area contributed by atoms with E-state index in [1.54, 1.807) is 12.1 Å². The number of carbonyl (C=O) groups excluding carboxylic acids is 2. The van der Waals surface area contributed by atoms with E-state index in [4.69, 9.17) is 11.6 Å². The summed E-state index contributed by atoms with van der Waals surface area (Å²) in [6.45, 7) is 14.3. The largest absolute Gasteiger partial charge is 0.393 e. The molecular formula is C44H60ClFN2O4. The van der Waals surface area contributed by atoms with E-state index in [1.165, 1.54) is 18.9 Å². The van der Waals surface area contributed by atoms with E-state index in [0.717, 1.165) is 44.4 Å². The third-order valence-corrected chi connectivity index (χ3v) is 17.4. The van der Waals surface area contributed by atoms with Gasteiger partial charge in [-0.1, -0.05) is 63.6 Å². The fourth-order valence-electron chi connectivity index (χ4n) is 14.0. The van der Waals surface area contributed by atoms with Crippen molar-refractivity contribution in [2.45, 2.75) is 130 Å². The molecule has 2 spiro atoms. The molecule has 9 aliphatic rings. The van der Waals surface area contributed by atoms with Crippen molar-refractivity contribution in [3.63, 3.8) is 0 Å². The standard InChI is InChI=1S/C44H60ClFN2O4/c1-26(2)47-38(51)48(24-27-10-11-28-20-31(27)39(28,3)4)25-43(52)17-14-37-41(43,6)16-13-36-40(5)15-12-29(49)22-42(40)18-19-44(36,37)32(23-42)35(50)21-30-33(45)8-7-9-34(30)46/h7-9,18-19,23,26-29,31,36-37,49,52H,10-17,20-22,24-25H2,1-6H3,(H,47,51)/t27-,28-,29?,31-,36+,37+,40+,41-,42-,43+,44+/m0/s1. The predicted molar refractivity (Wildman–Crippen MR) is 202 cm³/mol. The number of carbonyl (C=O) groups is 2. The van der Waals surface area contributed by atoms with Crippen LogP contribution in [-0.2, 0) is 11.2 Å². The molecule has 6 saturated carbocycles. The second-order valence-electron chi connectivity index (χ2n) is 19.8. The van der Waals surface area contributed by atoms with E-state index in [9.17, 15) is 19.8 Å². The zero-order valence-electron chi connectivity index (χ0n) is 32.1. The summed E-state index contributed by atoms with van der Waals surface area (Å²) in [5, 5.41) is 27.6. The lowest BCUT2D eigenvalue weighted by Crippen LogP contribution is -2.67. The molecule has 0 radical (unpaired) electrons. The number of nitrogens with one attached hydrogen (secondary N) is 1. The van der Waals surface area contributed by atoms with Crippen LogP contribution in [0.25, 0.3) is 0 Å². The van der Waals surface area contributed by atoms with E-state index < -0.39 is 33.8 Å². The second kappa shape index (κ2) is 12.1. The highest BCUT2D eigenvalue weighted by atomic mass is 35.5. The highest BCUT2D eigenvalue weighted by Crippen LogP contribution is 2.78. The van der Waals surface area contributed by atoms with Crippen molar-refractivity contribution in [1.29, 1.82) is 0 Å². The highest BCUT2D eigenvalue weighted by molar-refractivity contribution is 6.31. The van der Waals surface area contributed by atoms with Gasteiger partial charge in [0.2, 0.25) is 0 Å². The molecule has 284 valence electrons. The number of ketones is 1. The van der Waals surface area contributed by atoms with Crippen LogP contribution < -0.4 is 5.32 Å². The van der Waals surface area contributed by atoms with Gasteiger partial charge in [-0.3, -0.25) is 4.79 Å². The minimum Gasteiger partial charge on any atom is -0.393 e. The van der Waals surface area contributed by atoms with Crippen LogP contribution in [0.2, 0.25) is 5.02 Å². The van der Waals surface area contributed by atoms with Gasteiger partial charge in [-0.15, -0.1) is 0 Å². The third-order valence-electron chi connectivity index (χ3n) is 17.0. The first kappa shape index (κ1) is 36.7. The number of hydrogen-bond acceptors (Lipinski definition) is 4. The SMILES string of the molecule is CC(C)NC(=O)N(C[C@@H]1CC[C@H]2C[C@@H]1C2(C)C)C[C@]1(O)CC[C@H]2[C@]34C=C[C@@]5(C=C3C(=O)Cc3c(F)cccc3Cl)CC(O)CC[C@]5(C)[C@H]4CC[C@@]21C. The monoisotopic (exact) mass is 734 g/mol. The first-order chi connectivity index (χ1) is 24.4. The number of fused-ring (bicyclic) bond motifs is 3. The average Bonchev–Trinajstić information content (AvgIpc) is 3.35. The van der Waals surface area contributed by atoms with Gasteiger partial charge in [0.05, 0.1) is 18.2 Å². The summed E-state index contributed by atoms with van der Waals surface area (Å²) in [7, 11) is 0. The number of benzene rings is 1. The molecule has 0 heterocycles. The van der Waals surface area contributed by atoms with Crippen LogP contribution in [0.4, 0.5) is 9.18 Å². The lowest BCUT2D eigenvalue weighted by Gasteiger charge is -2.71. The molecule has 2 amide bonds. The molecule has 3 N–H and O–H groups in total. The zero-order chi connectivity index (χ0) is 37.2. The minimum atomic E-state index is -1.15. The summed E-state index contributed by atoms with van der Waals surface area (Å²) in [6.07, 6.45) is 14.8. The van der Waals surface area contributed by atoms with Gasteiger partial charge in [-0.05, 0) is 131 Å². The van der Waals surface area contributed by atoms with Crippen molar-refractivity contribution < 1.29 is 24.2 Å². The quantitative estimate of drug-likeness (QED) is 0.233. The van der Waals surface area contributed by atoms with Gasteiger partial charge in [-0.2, -0.15) is 0 Å². The molecule has 0 aliphatic heterocycles. The molecule has 1 aromatic rings. The molecule has 0 saturated heterocycles. The van der Waals surface area contributed by atoms with E-state index in [0.29, 0.717) is 42.2 Å². The Morgan fingerprint density at radius 3 is 2.40 bits per heavy atom. The topological polar surface area (TPSA) is 89.9 Å². The molecule has 4 bridgehead atoms. The zero-order valence-corrected chi connectivity index (χ0v) is 32.9. The predicted octanol–water partition coefficient (Wildman–Crippen LogP) is 8.67. The molecule has 10 rings (SSSR count). The Labute approximate surface area is 315 Å². The summed E-state index contributed by atoms with van der Waals surface area (Å²) in [4.78, 5) is 30.8. The molecule has 1 aromatic carbocycles. The number of amides is 2. The van der Waals surface area contributed by atoms with Crippen LogP contribution in [0.5, 0.6) is 0 Å². The smallest absolute Gasteiger partial charge is 0.317 e. The fourth-order valence-corrected chi connectivity index (χ4v) is 14.2. The Bertz CT molecular complexity index is 1700. The van der Waals surface area contributed by atoms with Crippen LogP contribution in [0.3, 0.4) is 0 Å². The Balaban J connectivity index is 1.17. The molecule has 52 heavy (non-hydrogen) atoms. The summed E-state index contributed by atoms with van der Waals surface area (Å²) in [5.74, 6) is 1.24. The summed E-state index contributed by atoms with van der Waals surface area (Å²) < 4.78 is 15.2. The van der Waals surface area contributed by atoms with Gasteiger partial charge in [0, 0.05) is 51.4 Å². The van der Waals surface area contributed by atoms with Gasteiger partial charge >= 0.3 is 6.03 Å². The normalized spacial score (nSPS) is 43.6. The first-order valence-corrected chi connectivity index (χ1v) is 20.6. The van der Waals surface area contributed by atoms with Crippen molar-refractivity contribution in [2.75, 3.05) is 13.1 Å². The highest BCUT2D eigenvalue weighted by Gasteiger charge is 2.74. The minimum absolute atomic E-state index is 0.0203. The van der Waals surface area contributed by atoms with Crippen LogP contribution >= 0.6 is 11.6 Å². The summed E-state index contributed by atoms with van der Waals surface area (Å²) in [5.41, 5.74) is -1.79. The van der Waals surface area contributed by atoms with E-state index in [2.05, 4.69) is 51.2 Å². The Morgan fingerprint density at radius 1 is 1.00 bits per heavy atom. The molecule has 6 nitrogen and oxygen atoms in total. The summed E-state index contributed by atoms with van der Waals surface area (Å²) in [6, 6.07) is 4.43. The van der Waals surface area contributed by atoms with Crippen molar-refractivity contribution in [2.24, 2.45) is 56.7 Å². The summed E-state index contributed by atoms with van der Waals surface area (Å²) >= 11 is 6.50. The maximum atomic E-state index is 15.2. The van der Waals surface area contributed by atoms with Gasteiger partial charge < -0.3 is 20.4 Å². The number of aliphatic hydroxyl groups excluding tert-OH is 1.